The topological polar surface area (TPSA) is 255 Å². The molecule has 3 atom stereocenters. The molecule has 0 aromatic carbocycles. The van der Waals surface area contributed by atoms with Gasteiger partial charge in [0.2, 0.25) is 5.91 Å². The molecule has 0 saturated heterocycles. The fraction of sp³-hybridized carbons (Fsp3) is 0.857. The van der Waals surface area contributed by atoms with Crippen LogP contribution in [0.3, 0.4) is 0 Å². The van der Waals surface area contributed by atoms with E-state index in [9.17, 15) is 29.7 Å². The van der Waals surface area contributed by atoms with Crippen LogP contribution in [0.15, 0.2) is 37.0 Å². The third-order valence-electron chi connectivity index (χ3n) is 11.7. The van der Waals surface area contributed by atoms with Gasteiger partial charge in [-0.05, 0) is 228 Å². The first-order valence-corrected chi connectivity index (χ1v) is 71.0. The first-order valence-electron chi connectivity index (χ1n) is 34.8. The maximum Gasteiger partial charge on any atom is 0.469 e. The molecule has 0 bridgehead atoms. The van der Waals surface area contributed by atoms with Crippen molar-refractivity contribution in [1.82, 2.24) is 4.90 Å². The first kappa shape index (κ1) is 104. The second-order valence-electron chi connectivity index (χ2n) is 31.5. The molecule has 0 aromatic rings. The molecule has 0 aliphatic rings. The predicted molar refractivity (Wildman–Crippen MR) is 427 cm³/mol. The van der Waals surface area contributed by atoms with E-state index in [2.05, 4.69) is 197 Å². The summed E-state index contributed by atoms with van der Waals surface area (Å²) in [6.07, 6.45) is 3.21. The van der Waals surface area contributed by atoms with E-state index in [1.807, 2.05) is 27.7 Å². The van der Waals surface area contributed by atoms with Gasteiger partial charge in [-0.25, -0.2) is 9.59 Å². The predicted octanol–water partition coefficient (Wildman–Crippen LogP) is 15.2. The lowest BCUT2D eigenvalue weighted by atomic mass is 10.3. The number of nitrogens with zero attached hydrogens (tertiary/aromatic N) is 1. The Balaban J connectivity index is -0.000000427. The maximum atomic E-state index is 12.2. The number of carbonyl (C=O) groups excluding carboxylic acids is 3. The van der Waals surface area contributed by atoms with Gasteiger partial charge < -0.3 is 81.3 Å². The van der Waals surface area contributed by atoms with Crippen molar-refractivity contribution in [2.75, 3.05) is 59.3 Å². The van der Waals surface area contributed by atoms with Crippen molar-refractivity contribution in [1.29, 1.82) is 0 Å². The number of hydrogen-bond donors (Lipinski definition) is 4. The van der Waals surface area contributed by atoms with E-state index < -0.39 is 138 Å². The number of unbranched alkanes of at least 4 members (excludes halogenated alkanes) is 1. The zero-order valence-corrected chi connectivity index (χ0v) is 79.4. The molecule has 0 rings (SSSR count). The van der Waals surface area contributed by atoms with Crippen molar-refractivity contribution in [2.45, 2.75) is 293 Å². The van der Waals surface area contributed by atoms with Gasteiger partial charge in [0.25, 0.3) is 0 Å². The third kappa shape index (κ3) is 62.2. The molecule has 1 amide bonds. The van der Waals surface area contributed by atoms with Gasteiger partial charge in [-0.2, -0.15) is 0 Å². The van der Waals surface area contributed by atoms with E-state index in [-0.39, 0.29) is 38.9 Å². The summed E-state index contributed by atoms with van der Waals surface area (Å²) in [5.41, 5.74) is 0.618. The smallest absolute Gasteiger partial charge is 0.460 e. The quantitative estimate of drug-likeness (QED) is 0.0191. The Kier molecular flexibility index (Phi) is 52.8. The van der Waals surface area contributed by atoms with Gasteiger partial charge in [0.15, 0.2) is 58.2 Å². The normalized spacial score (nSPS) is 14.0. The average Bonchev–Trinajstić information content (AvgIpc) is 1.32. The van der Waals surface area contributed by atoms with Crippen molar-refractivity contribution in [3.63, 3.8) is 0 Å². The Morgan fingerprint density at radius 2 is 0.760 bits per heavy atom. The highest BCUT2D eigenvalue weighted by atomic mass is 28.5. The van der Waals surface area contributed by atoms with Crippen LogP contribution in [-0.2, 0) is 70.4 Å². The van der Waals surface area contributed by atoms with Crippen molar-refractivity contribution < 1.29 is 90.8 Å². The Hall–Kier alpha value is -0.367. The molecule has 96 heavy (non-hydrogen) atoms. The summed E-state index contributed by atoms with van der Waals surface area (Å²) in [5.74, 6) is -1.28. The van der Waals surface area contributed by atoms with Crippen molar-refractivity contribution in [3.8, 4) is 0 Å². The van der Waals surface area contributed by atoms with Gasteiger partial charge in [-0.3, -0.25) is 4.79 Å². The first-order chi connectivity index (χ1) is 43.2. The van der Waals surface area contributed by atoms with E-state index >= 15 is 0 Å². The fourth-order valence-electron chi connectivity index (χ4n) is 9.75. The van der Waals surface area contributed by atoms with Gasteiger partial charge >= 0.3 is 55.0 Å². The van der Waals surface area contributed by atoms with Gasteiger partial charge in [-0.1, -0.05) is 67.2 Å². The lowest BCUT2D eigenvalue weighted by Gasteiger charge is -2.43. The molecule has 3 unspecified atom stereocenters. The monoisotopic (exact) mass is 1580 g/mol. The zero-order valence-electron chi connectivity index (χ0n) is 67.4. The largest absolute Gasteiger partial charge is 0.469 e. The molecule has 4 N–H and O–H groups in total. The molecule has 0 radical (unpaired) electrons. The number of hydrogen-bond acceptors (Lipinski definition) is 20. The summed E-state index contributed by atoms with van der Waals surface area (Å²) in [6, 6.07) is 3.54. The number of carbonyl (C=O) groups is 3. The Bertz CT molecular complexity index is 2110. The minimum absolute atomic E-state index is 0.0640. The highest BCUT2D eigenvalue weighted by Gasteiger charge is 2.50. The number of amides is 1. The van der Waals surface area contributed by atoms with Crippen LogP contribution in [0.2, 0.25) is 194 Å². The second kappa shape index (κ2) is 48.6. The summed E-state index contributed by atoms with van der Waals surface area (Å²) in [6.45, 7) is 81.3. The highest BCUT2D eigenvalue weighted by Crippen LogP contribution is 2.32. The van der Waals surface area contributed by atoms with E-state index in [0.717, 1.165) is 31.0 Å². The van der Waals surface area contributed by atoms with Crippen LogP contribution in [-0.4, -0.2) is 222 Å². The molecule has 574 valence electrons. The lowest BCUT2D eigenvalue weighted by Crippen LogP contribution is -2.60. The molecule has 0 fully saturated rings. The van der Waals surface area contributed by atoms with Crippen LogP contribution in [0.5, 0.6) is 0 Å². The fourth-order valence-corrected chi connectivity index (χ4v) is 61.7. The molecular formula is C63H149NO20Si12. The van der Waals surface area contributed by atoms with Crippen LogP contribution in [0.1, 0.15) is 80.6 Å². The minimum Gasteiger partial charge on any atom is -0.460 e. The van der Waals surface area contributed by atoms with Crippen molar-refractivity contribution >= 4 is 119 Å². The van der Waals surface area contributed by atoms with E-state index in [1.54, 1.807) is 13.8 Å². The van der Waals surface area contributed by atoms with Gasteiger partial charge in [0.1, 0.15) is 25.4 Å². The Morgan fingerprint density at radius 1 is 0.438 bits per heavy atom. The number of ether oxygens (including phenoxy) is 4. The van der Waals surface area contributed by atoms with Crippen LogP contribution in [0, 0.1) is 0 Å². The number of aliphatic hydroxyl groups excluding tert-OH is 4. The summed E-state index contributed by atoms with van der Waals surface area (Å²) in [4.78, 5) is 36.3. The van der Waals surface area contributed by atoms with Crippen LogP contribution in [0.25, 0.3) is 0 Å². The van der Waals surface area contributed by atoms with Gasteiger partial charge in [0, 0.05) is 43.5 Å². The Morgan fingerprint density at radius 3 is 1.06 bits per heavy atom. The lowest BCUT2D eigenvalue weighted by molar-refractivity contribution is -0.143. The number of aliphatic hydroxyl groups is 4. The second-order valence-corrected chi connectivity index (χ2v) is 81.0. The summed E-state index contributed by atoms with van der Waals surface area (Å²) < 4.78 is 80.3. The molecule has 0 saturated carbocycles. The molecule has 0 spiro atoms. The molecule has 33 heteroatoms. The molecule has 21 nitrogen and oxygen atoms in total. The average molecular weight is 1580 g/mol. The minimum atomic E-state index is -2.95. The van der Waals surface area contributed by atoms with E-state index in [1.165, 1.54) is 23.8 Å². The molecule has 0 aliphatic heterocycles. The summed E-state index contributed by atoms with van der Waals surface area (Å²) >= 11 is 0. The third-order valence-corrected chi connectivity index (χ3v) is 52.7. The molecule has 0 heterocycles. The van der Waals surface area contributed by atoms with Gasteiger partial charge in [0.05, 0.1) is 25.9 Å². The standard InChI is InChI=1S/C24H56O8Si5.C18H43NO6Si4.C17H38O6Si3.2C2H6/c1-14-15-18-33(4,5)29-35(8,9)31-37(12,13)32-36(10,11)30-34(6,7)19-16-17-27-20-23(25)21-28-24(26)22(2)3;1-11-18(22)19(15-17(21)16-20)13-12-14-29(23-26(2,3)4,24-27(5,6)7)25-28(8,9)10;1-15(2)17(19)21-14-16(18)13-20-11-10-12-26(9,22-24(3,4)5)23-25(6,7)8;2*1-2/h23,25H,2,14-21H2,1,3-13H3;11,17,20-21H,1,12-16H2,2-10H3;16,18H,1,10-14H2,2-9H3;2*1-2H3. The highest BCUT2D eigenvalue weighted by molar-refractivity contribution is 6.92. The van der Waals surface area contributed by atoms with Crippen LogP contribution < -0.4 is 0 Å². The zero-order chi connectivity index (χ0) is 76.8. The van der Waals surface area contributed by atoms with Crippen molar-refractivity contribution in [2.24, 2.45) is 0 Å². The van der Waals surface area contributed by atoms with Gasteiger partial charge in [-0.15, -0.1) is 0 Å². The molecule has 0 aliphatic carbocycles. The summed E-state index contributed by atoms with van der Waals surface area (Å²) in [7, 11) is -25.4. The summed E-state index contributed by atoms with van der Waals surface area (Å²) in [5, 5.41) is 38.6. The SMILES string of the molecule is C=C(C)C(=O)OCC(O)COCCC[Si](C)(C)O[Si](C)(C)O[Si](C)(C)O[Si](C)(C)O[Si](C)(C)CCCC.C=C(C)C(=O)OCC(O)COCCC[Si](C)(O[Si](C)(C)C)O[Si](C)(C)C.C=CC(=O)N(CCC[Si](O[Si](C)(C)C)(O[Si](C)(C)C)O[Si](C)(C)C)CC(O)CO.CC.CC. The number of esters is 2. The van der Waals surface area contributed by atoms with Crippen molar-refractivity contribution in [3.05, 3.63) is 37.0 Å². The molecule has 0 aromatic heterocycles. The van der Waals surface area contributed by atoms with Crippen LogP contribution >= 0.6 is 0 Å². The van der Waals surface area contributed by atoms with Crippen LogP contribution in [0.4, 0.5) is 0 Å². The maximum absolute atomic E-state index is 12.2. The Labute approximate surface area is 600 Å². The van der Waals surface area contributed by atoms with E-state index in [4.69, 9.17) is 61.1 Å². The number of rotatable bonds is 47. The van der Waals surface area contributed by atoms with E-state index in [0.29, 0.717) is 43.4 Å². The molecular weight excluding hydrogens is 1430 g/mol.